The SMILES string of the molecule is O=C(O/N=C(/CC1CCCC1)C(=O)c1ccc(SC2C=CC=CC2)cc1)c1ccccc1. The van der Waals surface area contributed by atoms with E-state index in [1.165, 1.54) is 12.8 Å². The molecule has 0 radical (unpaired) electrons. The van der Waals surface area contributed by atoms with Crippen molar-refractivity contribution in [3.8, 4) is 0 Å². The van der Waals surface area contributed by atoms with Crippen LogP contribution in [-0.2, 0) is 4.84 Å². The van der Waals surface area contributed by atoms with E-state index in [-0.39, 0.29) is 5.78 Å². The highest BCUT2D eigenvalue weighted by Gasteiger charge is 2.23. The molecule has 2 aliphatic rings. The largest absolute Gasteiger partial charge is 0.365 e. The van der Waals surface area contributed by atoms with Crippen LogP contribution in [0.5, 0.6) is 0 Å². The van der Waals surface area contributed by atoms with Gasteiger partial charge in [-0.1, -0.05) is 73.3 Å². The topological polar surface area (TPSA) is 55.7 Å². The maximum absolute atomic E-state index is 13.2. The highest BCUT2D eigenvalue weighted by molar-refractivity contribution is 8.00. The Morgan fingerprint density at radius 3 is 2.38 bits per heavy atom. The number of rotatable bonds is 8. The highest BCUT2D eigenvalue weighted by atomic mass is 32.2. The lowest BCUT2D eigenvalue weighted by Gasteiger charge is -2.13. The number of oxime groups is 1. The summed E-state index contributed by atoms with van der Waals surface area (Å²) >= 11 is 1.78. The summed E-state index contributed by atoms with van der Waals surface area (Å²) in [6, 6.07) is 16.4. The van der Waals surface area contributed by atoms with E-state index >= 15 is 0 Å². The summed E-state index contributed by atoms with van der Waals surface area (Å²) < 4.78 is 0. The average Bonchev–Trinajstić information content (AvgIpc) is 3.36. The first kappa shape index (κ1) is 22.3. The number of thioether (sulfide) groups is 1. The van der Waals surface area contributed by atoms with Crippen molar-refractivity contribution in [1.29, 1.82) is 0 Å². The molecule has 2 aromatic rings. The summed E-state index contributed by atoms with van der Waals surface area (Å²) in [5.41, 5.74) is 1.31. The van der Waals surface area contributed by atoms with Crippen molar-refractivity contribution in [2.24, 2.45) is 11.1 Å². The van der Waals surface area contributed by atoms with Gasteiger partial charge in [-0.15, -0.1) is 11.8 Å². The quantitative estimate of drug-likeness (QED) is 0.198. The van der Waals surface area contributed by atoms with Crippen LogP contribution in [-0.4, -0.2) is 22.7 Å². The summed E-state index contributed by atoms with van der Waals surface area (Å²) in [7, 11) is 0. The van der Waals surface area contributed by atoms with Gasteiger partial charge in [0.05, 0.1) is 5.56 Å². The number of nitrogens with zero attached hydrogens (tertiary/aromatic N) is 1. The zero-order chi connectivity index (χ0) is 22.2. The summed E-state index contributed by atoms with van der Waals surface area (Å²) in [5, 5.41) is 4.47. The van der Waals surface area contributed by atoms with Crippen LogP contribution in [0.1, 0.15) is 59.2 Å². The molecule has 164 valence electrons. The number of carbonyl (C=O) groups excluding carboxylic acids is 2. The van der Waals surface area contributed by atoms with Crippen molar-refractivity contribution in [2.45, 2.75) is 48.7 Å². The normalized spacial score (nSPS) is 18.6. The Labute approximate surface area is 193 Å². The van der Waals surface area contributed by atoms with E-state index in [4.69, 9.17) is 4.84 Å². The van der Waals surface area contributed by atoms with Crippen LogP contribution in [0.2, 0.25) is 0 Å². The number of ketones is 1. The fraction of sp³-hybridized carbons (Fsp3) is 0.296. The van der Waals surface area contributed by atoms with Crippen molar-refractivity contribution in [1.82, 2.24) is 0 Å². The van der Waals surface area contributed by atoms with Crippen molar-refractivity contribution < 1.29 is 14.4 Å². The summed E-state index contributed by atoms with van der Waals surface area (Å²) in [6.07, 6.45) is 14.5. The Kier molecular flexibility index (Phi) is 7.73. The third kappa shape index (κ3) is 6.07. The van der Waals surface area contributed by atoms with Gasteiger partial charge in [0.1, 0.15) is 5.71 Å². The standard InChI is InChI=1S/C27H27NO3S/c29-26(21-15-17-24(18-16-21)32-23-13-5-2-6-14-23)25(19-20-9-7-8-10-20)28-31-27(30)22-11-3-1-4-12-22/h1-6,11-13,15-18,20,23H,7-10,14,19H2/b28-25-. The van der Waals surface area contributed by atoms with Gasteiger partial charge in [-0.2, -0.15) is 0 Å². The van der Waals surface area contributed by atoms with Gasteiger partial charge in [0.15, 0.2) is 0 Å². The van der Waals surface area contributed by atoms with Crippen LogP contribution < -0.4 is 0 Å². The molecule has 0 spiro atoms. The van der Waals surface area contributed by atoms with Crippen LogP contribution in [0, 0.1) is 5.92 Å². The molecule has 2 aliphatic carbocycles. The van der Waals surface area contributed by atoms with Gasteiger partial charge in [0, 0.05) is 15.7 Å². The molecule has 2 aromatic carbocycles. The van der Waals surface area contributed by atoms with Crippen LogP contribution in [0.3, 0.4) is 0 Å². The first-order valence-electron chi connectivity index (χ1n) is 11.2. The van der Waals surface area contributed by atoms with Crippen LogP contribution in [0.25, 0.3) is 0 Å². The zero-order valence-electron chi connectivity index (χ0n) is 18.0. The van der Waals surface area contributed by atoms with Gasteiger partial charge >= 0.3 is 5.97 Å². The van der Waals surface area contributed by atoms with E-state index in [9.17, 15) is 9.59 Å². The van der Waals surface area contributed by atoms with Crippen molar-refractivity contribution in [3.05, 3.63) is 90.0 Å². The molecule has 0 heterocycles. The Morgan fingerprint density at radius 1 is 0.938 bits per heavy atom. The number of benzene rings is 2. The van der Waals surface area contributed by atoms with E-state index < -0.39 is 5.97 Å². The lowest BCUT2D eigenvalue weighted by atomic mass is 9.96. The molecule has 0 aliphatic heterocycles. The molecular formula is C27H27NO3S. The molecule has 0 amide bonds. The Morgan fingerprint density at radius 2 is 1.69 bits per heavy atom. The summed E-state index contributed by atoms with van der Waals surface area (Å²) in [5.74, 6) is -0.312. The fourth-order valence-corrected chi connectivity index (χ4v) is 5.07. The Hall–Kier alpha value is -2.92. The van der Waals surface area contributed by atoms with Crippen molar-refractivity contribution >= 4 is 29.2 Å². The van der Waals surface area contributed by atoms with E-state index in [1.54, 1.807) is 36.0 Å². The lowest BCUT2D eigenvalue weighted by Crippen LogP contribution is -2.19. The van der Waals surface area contributed by atoms with Crippen LogP contribution in [0.15, 0.2) is 89.0 Å². The monoisotopic (exact) mass is 445 g/mol. The van der Waals surface area contributed by atoms with Crippen LogP contribution in [0.4, 0.5) is 0 Å². The second-order valence-electron chi connectivity index (χ2n) is 8.20. The predicted molar refractivity (Wildman–Crippen MR) is 129 cm³/mol. The highest BCUT2D eigenvalue weighted by Crippen LogP contribution is 2.30. The molecule has 1 atom stereocenters. The maximum atomic E-state index is 13.2. The van der Waals surface area contributed by atoms with E-state index in [0.717, 1.165) is 24.2 Å². The second-order valence-corrected chi connectivity index (χ2v) is 9.51. The minimum atomic E-state index is -0.552. The summed E-state index contributed by atoms with van der Waals surface area (Å²) in [4.78, 5) is 31.9. The molecule has 0 N–H and O–H groups in total. The molecule has 0 saturated heterocycles. The van der Waals surface area contributed by atoms with E-state index in [0.29, 0.717) is 34.4 Å². The van der Waals surface area contributed by atoms with E-state index in [2.05, 4.69) is 29.5 Å². The zero-order valence-corrected chi connectivity index (χ0v) is 18.8. The van der Waals surface area contributed by atoms with Gasteiger partial charge in [-0.25, -0.2) is 4.79 Å². The third-order valence-corrected chi connectivity index (χ3v) is 7.01. The molecule has 32 heavy (non-hydrogen) atoms. The van der Waals surface area contributed by atoms with Crippen molar-refractivity contribution in [2.75, 3.05) is 0 Å². The van der Waals surface area contributed by atoms with Crippen molar-refractivity contribution in [3.63, 3.8) is 0 Å². The van der Waals surface area contributed by atoms with Gasteiger partial charge in [-0.3, -0.25) is 4.79 Å². The Balaban J connectivity index is 1.46. The average molecular weight is 446 g/mol. The number of hydrogen-bond donors (Lipinski definition) is 0. The van der Waals surface area contributed by atoms with Crippen LogP contribution >= 0.6 is 11.8 Å². The lowest BCUT2D eigenvalue weighted by molar-refractivity contribution is 0.0514. The second kappa shape index (κ2) is 11.1. The van der Waals surface area contributed by atoms with Gasteiger partial charge in [-0.05, 0) is 55.2 Å². The molecule has 0 bridgehead atoms. The number of Topliss-reactive ketones (excluding diaryl/α,β-unsaturated/α-hetero) is 1. The molecule has 1 unspecified atom stereocenters. The molecule has 1 fully saturated rings. The number of hydrogen-bond acceptors (Lipinski definition) is 5. The molecule has 4 nitrogen and oxygen atoms in total. The van der Waals surface area contributed by atoms with Gasteiger partial charge < -0.3 is 4.84 Å². The molecular weight excluding hydrogens is 418 g/mol. The molecule has 0 aromatic heterocycles. The first-order chi connectivity index (χ1) is 15.7. The third-order valence-electron chi connectivity index (χ3n) is 5.81. The minimum absolute atomic E-state index is 0.171. The van der Waals surface area contributed by atoms with Gasteiger partial charge in [0.2, 0.25) is 5.78 Å². The molecule has 5 heteroatoms. The Bertz CT molecular complexity index is 1020. The molecule has 4 rings (SSSR count). The minimum Gasteiger partial charge on any atom is -0.312 e. The molecule has 1 saturated carbocycles. The van der Waals surface area contributed by atoms with E-state index in [1.807, 2.05) is 30.3 Å². The fourth-order valence-electron chi connectivity index (χ4n) is 4.05. The smallest absolute Gasteiger partial charge is 0.312 e. The van der Waals surface area contributed by atoms with Gasteiger partial charge in [0.25, 0.3) is 0 Å². The number of allylic oxidation sites excluding steroid dienone is 3. The maximum Gasteiger partial charge on any atom is 0.365 e. The predicted octanol–water partition coefficient (Wildman–Crippen LogP) is 6.64. The first-order valence-corrected chi connectivity index (χ1v) is 12.0. The summed E-state index contributed by atoms with van der Waals surface area (Å²) in [6.45, 7) is 0. The number of carbonyl (C=O) groups is 2.